The number of nitrogens with one attached hydrogen (secondary N) is 1. The van der Waals surface area contributed by atoms with Crippen LogP contribution in [0.25, 0.3) is 0 Å². The standard InChI is InChI=1S/C27H36B4FNO2.C4H4B2N2O/c1-15(10-11-18-17(3)27(6,35)13-12-26(18,4)5)8-7-9-16(2)14-19(34)33-25-22(30)20(28)24(32)21(29)23(25)31;1-8-3(9)2(5)7-4(8)6/h7-11,14,20-25,35H,12-13H2,1-6H3,(H,33,34);9H,1H3/b9-7+,11-10+,15-8+,16-14+;. The van der Waals surface area contributed by atoms with Gasteiger partial charge in [0.1, 0.15) is 7.85 Å². The van der Waals surface area contributed by atoms with E-state index >= 15 is 0 Å². The van der Waals surface area contributed by atoms with E-state index in [4.69, 9.17) is 52.2 Å². The molecule has 0 aliphatic heterocycles. The van der Waals surface area contributed by atoms with E-state index in [1.54, 1.807) is 14.0 Å². The third-order valence-electron chi connectivity index (χ3n) is 8.66. The van der Waals surface area contributed by atoms with Crippen molar-refractivity contribution in [2.24, 2.45) is 12.5 Å². The first-order chi connectivity index (χ1) is 20.2. The van der Waals surface area contributed by atoms with Crippen molar-refractivity contribution in [3.8, 4) is 5.88 Å². The van der Waals surface area contributed by atoms with E-state index in [-0.39, 0.29) is 22.6 Å². The summed E-state index contributed by atoms with van der Waals surface area (Å²) in [7, 11) is 35.6. The summed E-state index contributed by atoms with van der Waals surface area (Å²) < 4.78 is 15.4. The van der Waals surface area contributed by atoms with Gasteiger partial charge < -0.3 is 20.1 Å². The molecular weight excluding hydrogens is 546 g/mol. The van der Waals surface area contributed by atoms with Crippen LogP contribution >= 0.6 is 0 Å². The smallest absolute Gasteiger partial charge is 0.244 e. The number of imidazole rings is 1. The zero-order chi connectivity index (χ0) is 33.7. The predicted molar refractivity (Wildman–Crippen MR) is 183 cm³/mol. The third kappa shape index (κ3) is 9.24. The highest BCUT2D eigenvalue weighted by molar-refractivity contribution is 6.36. The van der Waals surface area contributed by atoms with Gasteiger partial charge in [-0.3, -0.25) is 9.78 Å². The molecule has 1 amide bonds. The van der Waals surface area contributed by atoms with Crippen molar-refractivity contribution in [3.63, 3.8) is 0 Å². The molecular formula is C31H40B6FN3O3. The van der Waals surface area contributed by atoms with Gasteiger partial charge in [0.15, 0.2) is 7.85 Å². The molecule has 1 saturated carbocycles. The summed E-state index contributed by atoms with van der Waals surface area (Å²) in [5.74, 6) is -4.14. The lowest BCUT2D eigenvalue weighted by atomic mass is 9.44. The number of aliphatic hydroxyl groups is 1. The van der Waals surface area contributed by atoms with Gasteiger partial charge in [-0.2, -0.15) is 0 Å². The van der Waals surface area contributed by atoms with Gasteiger partial charge in [0.2, 0.25) is 11.8 Å². The Hall–Kier alpha value is -2.54. The van der Waals surface area contributed by atoms with Gasteiger partial charge in [-0.05, 0) is 62.7 Å². The van der Waals surface area contributed by atoms with Crippen molar-refractivity contribution in [2.45, 2.75) is 95.5 Å². The summed E-state index contributed by atoms with van der Waals surface area (Å²) in [6.45, 7) is 12.1. The summed E-state index contributed by atoms with van der Waals surface area (Å²) in [6, 6.07) is -0.720. The van der Waals surface area contributed by atoms with Crippen molar-refractivity contribution in [3.05, 3.63) is 58.7 Å². The molecule has 2 aliphatic rings. The van der Waals surface area contributed by atoms with Crippen molar-refractivity contribution < 1.29 is 19.4 Å². The number of halogens is 1. The number of allylic oxidation sites excluding steroid dienone is 8. The van der Waals surface area contributed by atoms with Gasteiger partial charge >= 0.3 is 0 Å². The lowest BCUT2D eigenvalue weighted by Crippen LogP contribution is -2.49. The highest BCUT2D eigenvalue weighted by Gasteiger charge is 2.42. The molecule has 3 N–H and O–H groups in total. The molecule has 12 radical (unpaired) electrons. The van der Waals surface area contributed by atoms with Crippen LogP contribution in [0.5, 0.6) is 5.88 Å². The van der Waals surface area contributed by atoms with Gasteiger partial charge in [0.25, 0.3) is 0 Å². The maximum atomic E-state index is 14.1. The van der Waals surface area contributed by atoms with Gasteiger partial charge in [0, 0.05) is 24.8 Å². The van der Waals surface area contributed by atoms with Crippen molar-refractivity contribution in [2.75, 3.05) is 0 Å². The number of aromatic hydroxyl groups is 1. The molecule has 0 saturated heterocycles. The fourth-order valence-electron chi connectivity index (χ4n) is 5.25. The van der Waals surface area contributed by atoms with Crippen LogP contribution < -0.4 is 16.6 Å². The van der Waals surface area contributed by atoms with Crippen molar-refractivity contribution in [1.29, 1.82) is 0 Å². The largest absolute Gasteiger partial charge is 0.494 e. The third-order valence-corrected chi connectivity index (χ3v) is 8.66. The number of carbonyl (C=O) groups excluding carboxylic acids is 1. The van der Waals surface area contributed by atoms with E-state index in [9.17, 15) is 14.3 Å². The first-order valence-corrected chi connectivity index (χ1v) is 14.6. The maximum absolute atomic E-state index is 14.1. The summed E-state index contributed by atoms with van der Waals surface area (Å²) in [5, 5.41) is 22.3. The summed E-state index contributed by atoms with van der Waals surface area (Å²) >= 11 is 0. The molecule has 5 atom stereocenters. The zero-order valence-corrected chi connectivity index (χ0v) is 26.9. The van der Waals surface area contributed by atoms with Crippen LogP contribution in [0.2, 0.25) is 23.3 Å². The fraction of sp³-hybridized carbons (Fsp3) is 0.548. The molecule has 1 fully saturated rings. The van der Waals surface area contributed by atoms with Crippen LogP contribution in [0.1, 0.15) is 54.4 Å². The van der Waals surface area contributed by atoms with Crippen LogP contribution in [-0.2, 0) is 11.8 Å². The van der Waals surface area contributed by atoms with Crippen LogP contribution in [0.4, 0.5) is 4.39 Å². The Kier molecular flexibility index (Phi) is 13.0. The molecule has 44 heavy (non-hydrogen) atoms. The molecule has 6 nitrogen and oxygen atoms in total. The second-order valence-corrected chi connectivity index (χ2v) is 12.7. The zero-order valence-electron chi connectivity index (χ0n) is 26.9. The van der Waals surface area contributed by atoms with Gasteiger partial charge in [-0.15, -0.1) is 0 Å². The second kappa shape index (κ2) is 15.2. The fourth-order valence-corrected chi connectivity index (χ4v) is 5.25. The molecule has 3 rings (SSSR count). The Bertz CT molecular complexity index is 1310. The number of hydrogen-bond donors (Lipinski definition) is 3. The monoisotopic (exact) mass is 587 g/mol. The minimum Gasteiger partial charge on any atom is -0.494 e. The van der Waals surface area contributed by atoms with Gasteiger partial charge in [-0.25, -0.2) is 4.39 Å². The Morgan fingerprint density at radius 2 is 1.59 bits per heavy atom. The van der Waals surface area contributed by atoms with E-state index in [0.717, 1.165) is 29.6 Å². The average molecular weight is 587 g/mol. The summed E-state index contributed by atoms with van der Waals surface area (Å²) in [4.78, 5) is 16.0. The molecule has 1 aromatic rings. The Morgan fingerprint density at radius 3 is 2.07 bits per heavy atom. The Morgan fingerprint density at radius 1 is 1.02 bits per heavy atom. The molecule has 13 heteroatoms. The van der Waals surface area contributed by atoms with E-state index in [2.05, 4.69) is 30.2 Å². The molecule has 2 aliphatic carbocycles. The highest BCUT2D eigenvalue weighted by Crippen LogP contribution is 2.47. The highest BCUT2D eigenvalue weighted by atomic mass is 19.1. The number of aromatic nitrogens is 2. The first-order valence-electron chi connectivity index (χ1n) is 14.6. The molecule has 0 aromatic carbocycles. The van der Waals surface area contributed by atoms with E-state index < -0.39 is 47.0 Å². The minimum absolute atomic E-state index is 0.00792. The molecule has 1 heterocycles. The SMILES string of the molecule is [B]C1C([B])C(NC(=O)/C=C(C)/C=C/C=C(C)/C=C/C2=C(C)C(C)(O)CCC2(C)C)C([B])C([B])C1F.[B]c1nc([B])n(C)c1O. The minimum atomic E-state index is -1.52. The number of rotatable bonds is 6. The van der Waals surface area contributed by atoms with Crippen LogP contribution in [0, 0.1) is 5.41 Å². The topological polar surface area (TPSA) is 87.4 Å². The van der Waals surface area contributed by atoms with Crippen LogP contribution in [0.15, 0.2) is 58.7 Å². The van der Waals surface area contributed by atoms with Gasteiger partial charge in [0.05, 0.1) is 48.9 Å². The normalized spacial score (nSPS) is 31.2. The lowest BCUT2D eigenvalue weighted by molar-refractivity contribution is -0.117. The van der Waals surface area contributed by atoms with Crippen molar-refractivity contribution in [1.82, 2.24) is 14.9 Å². The quantitative estimate of drug-likeness (QED) is 0.271. The lowest BCUT2D eigenvalue weighted by Gasteiger charge is -2.46. The number of hydrogen-bond acceptors (Lipinski definition) is 4. The number of nitrogens with zero attached hydrogens (tertiary/aromatic N) is 2. The van der Waals surface area contributed by atoms with E-state index in [1.807, 2.05) is 45.1 Å². The summed E-state index contributed by atoms with van der Waals surface area (Å²) in [6.07, 6.45) is 11.3. The molecule has 0 bridgehead atoms. The van der Waals surface area contributed by atoms with Crippen LogP contribution in [-0.4, -0.2) is 90.6 Å². The number of amides is 1. The second-order valence-electron chi connectivity index (χ2n) is 12.7. The average Bonchev–Trinajstić information content (AvgIpc) is 3.16. The maximum Gasteiger partial charge on any atom is 0.244 e. The van der Waals surface area contributed by atoms with Crippen molar-refractivity contribution >= 4 is 64.3 Å². The number of alkyl halides is 1. The molecule has 222 valence electrons. The first kappa shape index (κ1) is 37.6. The summed E-state index contributed by atoms with van der Waals surface area (Å²) in [5.41, 5.74) is 3.43. The molecule has 5 unspecified atom stereocenters. The van der Waals surface area contributed by atoms with E-state index in [1.165, 1.54) is 10.6 Å². The number of carbonyl (C=O) groups is 1. The molecule has 1 aromatic heterocycles. The van der Waals surface area contributed by atoms with Gasteiger partial charge in [-0.1, -0.05) is 73.1 Å². The van der Waals surface area contributed by atoms with Crippen LogP contribution in [0.3, 0.4) is 0 Å². The Labute approximate surface area is 270 Å². The Balaban J connectivity index is 0.000000639. The predicted octanol–water partition coefficient (Wildman–Crippen LogP) is 2.26. The van der Waals surface area contributed by atoms with E-state index in [0.29, 0.717) is 5.57 Å². The molecule has 0 spiro atoms.